The van der Waals surface area contributed by atoms with Crippen molar-refractivity contribution >= 4 is 5.97 Å². The third-order valence-corrected chi connectivity index (χ3v) is 2.42. The Hall–Kier alpha value is -2.01. The van der Waals surface area contributed by atoms with Crippen molar-refractivity contribution in [1.82, 2.24) is 10.6 Å². The second kappa shape index (κ2) is 6.07. The van der Waals surface area contributed by atoms with E-state index in [1.165, 1.54) is 0 Å². The number of benzene rings is 1. The van der Waals surface area contributed by atoms with Gasteiger partial charge in [-0.05, 0) is 19.1 Å². The lowest BCUT2D eigenvalue weighted by atomic mass is 10.3. The van der Waals surface area contributed by atoms with Gasteiger partial charge in [-0.3, -0.25) is 5.32 Å². The van der Waals surface area contributed by atoms with E-state index in [0.29, 0.717) is 37.0 Å². The van der Waals surface area contributed by atoms with Crippen molar-refractivity contribution < 1.29 is 14.3 Å². The largest absolute Gasteiger partial charge is 0.461 e. The molecule has 0 spiro atoms. The maximum Gasteiger partial charge on any atom is 0.358 e. The first-order chi connectivity index (χ1) is 8.81. The second-order valence-corrected chi connectivity index (χ2v) is 3.71. The molecule has 0 aliphatic carbocycles. The standard InChI is InChI=1S/C13H16N2O3/c1-2-17-13(16)12-11(8-14-9-15-12)18-10-6-4-3-5-7-10/h3-7,14-15H,2,8-9H2,1H3. The molecule has 5 heteroatoms. The summed E-state index contributed by atoms with van der Waals surface area (Å²) in [4.78, 5) is 11.7. The minimum absolute atomic E-state index is 0.343. The fourth-order valence-electron chi connectivity index (χ4n) is 1.62. The molecular formula is C13H16N2O3. The van der Waals surface area contributed by atoms with Gasteiger partial charge in [-0.15, -0.1) is 0 Å². The molecule has 1 aromatic rings. The molecule has 0 saturated heterocycles. The highest BCUT2D eigenvalue weighted by molar-refractivity contribution is 5.88. The number of carbonyl (C=O) groups is 1. The van der Waals surface area contributed by atoms with Crippen molar-refractivity contribution in [3.63, 3.8) is 0 Å². The van der Waals surface area contributed by atoms with Crippen LogP contribution in [0.1, 0.15) is 6.92 Å². The highest BCUT2D eigenvalue weighted by Crippen LogP contribution is 2.16. The van der Waals surface area contributed by atoms with Crippen LogP contribution in [0.4, 0.5) is 0 Å². The third kappa shape index (κ3) is 3.01. The van der Waals surface area contributed by atoms with Crippen molar-refractivity contribution in [2.75, 3.05) is 19.8 Å². The van der Waals surface area contributed by atoms with Crippen molar-refractivity contribution in [2.24, 2.45) is 0 Å². The highest BCUT2D eigenvalue weighted by atomic mass is 16.5. The third-order valence-electron chi connectivity index (χ3n) is 2.42. The van der Waals surface area contributed by atoms with Crippen LogP contribution in [0.15, 0.2) is 41.8 Å². The first kappa shape index (κ1) is 12.4. The van der Waals surface area contributed by atoms with Gasteiger partial charge in [0.15, 0.2) is 5.70 Å². The van der Waals surface area contributed by atoms with Crippen LogP contribution in [0.3, 0.4) is 0 Å². The van der Waals surface area contributed by atoms with Crippen molar-refractivity contribution in [1.29, 1.82) is 0 Å². The molecule has 0 bridgehead atoms. The molecule has 1 aromatic carbocycles. The van der Waals surface area contributed by atoms with E-state index in [4.69, 9.17) is 9.47 Å². The van der Waals surface area contributed by atoms with Crippen molar-refractivity contribution in [2.45, 2.75) is 6.92 Å². The van der Waals surface area contributed by atoms with E-state index in [1.54, 1.807) is 6.92 Å². The number of para-hydroxylation sites is 1. The maximum absolute atomic E-state index is 11.7. The molecule has 5 nitrogen and oxygen atoms in total. The molecule has 0 fully saturated rings. The molecule has 1 heterocycles. The molecule has 0 unspecified atom stereocenters. The number of rotatable bonds is 4. The van der Waals surface area contributed by atoms with Gasteiger partial charge < -0.3 is 14.8 Å². The van der Waals surface area contributed by atoms with Crippen LogP contribution < -0.4 is 15.4 Å². The molecule has 2 rings (SSSR count). The molecule has 0 atom stereocenters. The molecule has 0 amide bonds. The summed E-state index contributed by atoms with van der Waals surface area (Å²) >= 11 is 0. The monoisotopic (exact) mass is 248 g/mol. The van der Waals surface area contributed by atoms with Crippen LogP contribution in [-0.2, 0) is 9.53 Å². The molecule has 1 aliphatic rings. The van der Waals surface area contributed by atoms with E-state index in [0.717, 1.165) is 0 Å². The minimum atomic E-state index is -0.384. The summed E-state index contributed by atoms with van der Waals surface area (Å²) in [7, 11) is 0. The Morgan fingerprint density at radius 1 is 1.33 bits per heavy atom. The van der Waals surface area contributed by atoms with Crippen LogP contribution >= 0.6 is 0 Å². The van der Waals surface area contributed by atoms with Crippen LogP contribution in [0.2, 0.25) is 0 Å². The molecule has 96 valence electrons. The van der Waals surface area contributed by atoms with E-state index in [2.05, 4.69) is 10.6 Å². The van der Waals surface area contributed by atoms with E-state index in [9.17, 15) is 4.79 Å². The summed E-state index contributed by atoms with van der Waals surface area (Å²) in [6.07, 6.45) is 0. The summed E-state index contributed by atoms with van der Waals surface area (Å²) in [6.45, 7) is 3.14. The smallest absolute Gasteiger partial charge is 0.358 e. The second-order valence-electron chi connectivity index (χ2n) is 3.71. The Morgan fingerprint density at radius 3 is 2.83 bits per heavy atom. The van der Waals surface area contributed by atoms with Crippen LogP contribution in [0.5, 0.6) is 5.75 Å². The number of hydrogen-bond acceptors (Lipinski definition) is 5. The molecule has 0 saturated carbocycles. The predicted octanol–water partition coefficient (Wildman–Crippen LogP) is 0.990. The maximum atomic E-state index is 11.7. The number of nitrogens with one attached hydrogen (secondary N) is 2. The number of esters is 1. The van der Waals surface area contributed by atoms with Gasteiger partial charge >= 0.3 is 5.97 Å². The number of carbonyl (C=O) groups excluding carboxylic acids is 1. The Kier molecular flexibility index (Phi) is 4.20. The zero-order valence-corrected chi connectivity index (χ0v) is 10.2. The van der Waals surface area contributed by atoms with Gasteiger partial charge in [-0.1, -0.05) is 18.2 Å². The molecule has 2 N–H and O–H groups in total. The average molecular weight is 248 g/mol. The lowest BCUT2D eigenvalue weighted by Crippen LogP contribution is -2.41. The summed E-state index contributed by atoms with van der Waals surface area (Å²) in [5, 5.41) is 6.02. The van der Waals surface area contributed by atoms with Crippen molar-refractivity contribution in [3.8, 4) is 5.75 Å². The van der Waals surface area contributed by atoms with Crippen LogP contribution in [0.25, 0.3) is 0 Å². The van der Waals surface area contributed by atoms with Crippen LogP contribution in [-0.4, -0.2) is 25.8 Å². The summed E-state index contributed by atoms with van der Waals surface area (Å²) in [5.41, 5.74) is 0.388. The van der Waals surface area contributed by atoms with E-state index in [1.807, 2.05) is 30.3 Å². The van der Waals surface area contributed by atoms with Gasteiger partial charge in [0.05, 0.1) is 19.8 Å². The average Bonchev–Trinajstić information content (AvgIpc) is 2.41. The predicted molar refractivity (Wildman–Crippen MR) is 66.7 cm³/mol. The van der Waals surface area contributed by atoms with E-state index in [-0.39, 0.29) is 5.97 Å². The summed E-state index contributed by atoms with van der Waals surface area (Å²) in [6, 6.07) is 9.34. The Labute approximate surface area is 106 Å². The minimum Gasteiger partial charge on any atom is -0.461 e. The molecule has 0 radical (unpaired) electrons. The fourth-order valence-corrected chi connectivity index (χ4v) is 1.62. The zero-order valence-electron chi connectivity index (χ0n) is 10.2. The van der Waals surface area contributed by atoms with Crippen molar-refractivity contribution in [3.05, 3.63) is 41.8 Å². The van der Waals surface area contributed by atoms with Crippen LogP contribution in [0, 0.1) is 0 Å². The van der Waals surface area contributed by atoms with E-state index < -0.39 is 0 Å². The summed E-state index contributed by atoms with van der Waals surface area (Å²) < 4.78 is 10.7. The van der Waals surface area contributed by atoms with Gasteiger partial charge in [-0.2, -0.15) is 0 Å². The zero-order chi connectivity index (χ0) is 12.8. The summed E-state index contributed by atoms with van der Waals surface area (Å²) in [5.74, 6) is 0.857. The first-order valence-corrected chi connectivity index (χ1v) is 5.89. The normalized spacial score (nSPS) is 14.9. The Morgan fingerprint density at radius 2 is 2.11 bits per heavy atom. The topological polar surface area (TPSA) is 59.6 Å². The molecule has 1 aliphatic heterocycles. The first-order valence-electron chi connectivity index (χ1n) is 5.89. The molecule has 18 heavy (non-hydrogen) atoms. The molecular weight excluding hydrogens is 232 g/mol. The van der Waals surface area contributed by atoms with Gasteiger partial charge in [0.25, 0.3) is 0 Å². The SMILES string of the molecule is CCOC(=O)C1=C(Oc2ccccc2)CNCN1. The Bertz CT molecular complexity index is 443. The highest BCUT2D eigenvalue weighted by Gasteiger charge is 2.21. The van der Waals surface area contributed by atoms with Gasteiger partial charge in [0.2, 0.25) is 0 Å². The molecule has 0 aromatic heterocycles. The fraction of sp³-hybridized carbons (Fsp3) is 0.308. The van der Waals surface area contributed by atoms with Gasteiger partial charge in [-0.25, -0.2) is 4.79 Å². The lowest BCUT2D eigenvalue weighted by molar-refractivity contribution is -0.139. The number of ether oxygens (including phenoxy) is 2. The van der Waals surface area contributed by atoms with Gasteiger partial charge in [0, 0.05) is 0 Å². The number of hydrogen-bond donors (Lipinski definition) is 2. The quantitative estimate of drug-likeness (QED) is 0.778. The Balaban J connectivity index is 2.18. The van der Waals surface area contributed by atoms with Gasteiger partial charge in [0.1, 0.15) is 11.5 Å². The van der Waals surface area contributed by atoms with E-state index >= 15 is 0 Å². The lowest BCUT2D eigenvalue weighted by Gasteiger charge is -2.21.